The summed E-state index contributed by atoms with van der Waals surface area (Å²) in [6.07, 6.45) is 0. The van der Waals surface area contributed by atoms with Crippen LogP contribution in [0, 0.1) is 20.8 Å². The Labute approximate surface area is 221 Å². The third-order valence-electron chi connectivity index (χ3n) is 6.42. The van der Waals surface area contributed by atoms with Gasteiger partial charge in [-0.1, -0.05) is 12.1 Å². The van der Waals surface area contributed by atoms with Crippen LogP contribution >= 0.6 is 0 Å². The second-order valence-corrected chi connectivity index (χ2v) is 12.0. The zero-order chi connectivity index (χ0) is 27.9. The molecule has 0 aliphatic heterocycles. The van der Waals surface area contributed by atoms with Crippen LogP contribution in [0.4, 0.5) is 0 Å². The number of aromatic amines is 1. The summed E-state index contributed by atoms with van der Waals surface area (Å²) < 4.78 is 27.9. The van der Waals surface area contributed by atoms with E-state index in [1.165, 1.54) is 26.2 Å². The number of rotatable bonds is 7. The molecule has 1 amide bonds. The molecular weight excluding hydrogens is 504 g/mol. The van der Waals surface area contributed by atoms with Gasteiger partial charge in [0.2, 0.25) is 10.0 Å². The zero-order valence-corrected chi connectivity index (χ0v) is 23.4. The van der Waals surface area contributed by atoms with Crippen LogP contribution in [0.25, 0.3) is 22.3 Å². The first-order valence-corrected chi connectivity index (χ1v) is 13.7. The van der Waals surface area contributed by atoms with Gasteiger partial charge < -0.3 is 10.3 Å². The second-order valence-electron chi connectivity index (χ2n) is 9.81. The van der Waals surface area contributed by atoms with Crippen molar-refractivity contribution in [3.63, 3.8) is 0 Å². The molecule has 0 atom stereocenters. The highest BCUT2D eigenvalue weighted by Gasteiger charge is 2.22. The molecule has 0 fully saturated rings. The van der Waals surface area contributed by atoms with Crippen LogP contribution < -0.4 is 10.9 Å². The lowest BCUT2D eigenvalue weighted by Crippen LogP contribution is -2.28. The molecule has 0 bridgehead atoms. The molecule has 0 aliphatic rings. The summed E-state index contributed by atoms with van der Waals surface area (Å²) >= 11 is 0. The van der Waals surface area contributed by atoms with Gasteiger partial charge in [0.05, 0.1) is 27.2 Å². The van der Waals surface area contributed by atoms with E-state index in [2.05, 4.69) is 15.4 Å². The summed E-state index contributed by atoms with van der Waals surface area (Å²) in [6, 6.07) is 9.92. The van der Waals surface area contributed by atoms with E-state index in [9.17, 15) is 18.0 Å². The maximum Gasteiger partial charge on any atom is 0.253 e. The molecule has 4 aromatic rings. The highest BCUT2D eigenvalue weighted by molar-refractivity contribution is 7.89. The summed E-state index contributed by atoms with van der Waals surface area (Å²) in [5, 5.41) is 8.14. The van der Waals surface area contributed by atoms with E-state index in [1.807, 2.05) is 40.7 Å². The second kappa shape index (κ2) is 10.1. The van der Waals surface area contributed by atoms with E-state index in [4.69, 9.17) is 4.98 Å². The molecule has 10 nitrogen and oxygen atoms in total. The van der Waals surface area contributed by atoms with Crippen molar-refractivity contribution < 1.29 is 13.2 Å². The van der Waals surface area contributed by atoms with E-state index in [0.717, 1.165) is 15.6 Å². The van der Waals surface area contributed by atoms with Gasteiger partial charge in [-0.15, -0.1) is 0 Å². The molecule has 11 heteroatoms. The van der Waals surface area contributed by atoms with Crippen molar-refractivity contribution in [3.05, 3.63) is 74.8 Å². The molecule has 0 saturated heterocycles. The number of nitrogens with one attached hydrogen (secondary N) is 2. The predicted octanol–water partition coefficient (Wildman–Crippen LogP) is 3.47. The van der Waals surface area contributed by atoms with Crippen molar-refractivity contribution in [3.8, 4) is 11.3 Å². The first kappa shape index (κ1) is 27.2. The SMILES string of the molecule is Cc1cc(C)c(CNC(=O)c2cc(-c3ccc(S(=O)(=O)N(C)C)cc3)nc3c2c(C)nn3C(C)C)c(=O)[nH]1. The van der Waals surface area contributed by atoms with Gasteiger partial charge in [-0.05, 0) is 64.4 Å². The first-order chi connectivity index (χ1) is 17.8. The number of fused-ring (bicyclic) bond motifs is 1. The topological polar surface area (TPSA) is 130 Å². The molecule has 4 rings (SSSR count). The zero-order valence-electron chi connectivity index (χ0n) is 22.6. The number of aromatic nitrogens is 4. The molecule has 0 saturated carbocycles. The third-order valence-corrected chi connectivity index (χ3v) is 8.25. The fourth-order valence-corrected chi connectivity index (χ4v) is 5.28. The molecule has 0 aliphatic carbocycles. The van der Waals surface area contributed by atoms with Crippen LogP contribution in [0.15, 0.2) is 46.1 Å². The Hall–Kier alpha value is -3.83. The van der Waals surface area contributed by atoms with Crippen LogP contribution in [-0.4, -0.2) is 52.5 Å². The Kier molecular flexibility index (Phi) is 7.26. The summed E-state index contributed by atoms with van der Waals surface area (Å²) in [7, 11) is -0.629. The Morgan fingerprint density at radius 3 is 2.34 bits per heavy atom. The van der Waals surface area contributed by atoms with Gasteiger partial charge in [0.1, 0.15) is 0 Å². The number of benzene rings is 1. The fourth-order valence-electron chi connectivity index (χ4n) is 4.37. The lowest BCUT2D eigenvalue weighted by atomic mass is 10.0. The molecule has 2 N–H and O–H groups in total. The van der Waals surface area contributed by atoms with Crippen molar-refractivity contribution in [2.24, 2.45) is 0 Å². The third kappa shape index (κ3) is 4.99. The molecule has 0 spiro atoms. The minimum absolute atomic E-state index is 0.00811. The summed E-state index contributed by atoms with van der Waals surface area (Å²) in [5.41, 5.74) is 4.54. The molecule has 1 aromatic carbocycles. The van der Waals surface area contributed by atoms with Crippen LogP contribution in [0.5, 0.6) is 0 Å². The van der Waals surface area contributed by atoms with Gasteiger partial charge in [-0.25, -0.2) is 22.4 Å². The standard InChI is InChI=1S/C27H32N6O4S/c1-15(2)33-25-24(18(5)31-33)21(26(34)28-14-22-16(3)12-17(4)29-27(22)35)13-23(30-25)19-8-10-20(11-9-19)38(36,37)32(6)7/h8-13,15H,14H2,1-7H3,(H,28,34)(H,29,35). The largest absolute Gasteiger partial charge is 0.348 e. The molecule has 0 unspecified atom stereocenters. The van der Waals surface area contributed by atoms with Crippen molar-refractivity contribution in [1.29, 1.82) is 0 Å². The van der Waals surface area contributed by atoms with Crippen LogP contribution in [0.2, 0.25) is 0 Å². The number of H-pyrrole nitrogens is 1. The molecule has 200 valence electrons. The smallest absolute Gasteiger partial charge is 0.253 e. The van der Waals surface area contributed by atoms with Gasteiger partial charge in [-0.2, -0.15) is 5.10 Å². The average Bonchev–Trinajstić information content (AvgIpc) is 3.19. The lowest BCUT2D eigenvalue weighted by Gasteiger charge is -2.13. The molecule has 3 aromatic heterocycles. The first-order valence-electron chi connectivity index (χ1n) is 12.2. The molecule has 38 heavy (non-hydrogen) atoms. The van der Waals surface area contributed by atoms with Crippen molar-refractivity contribution >= 4 is 27.0 Å². The van der Waals surface area contributed by atoms with E-state index in [-0.39, 0.29) is 28.9 Å². The lowest BCUT2D eigenvalue weighted by molar-refractivity contribution is 0.0952. The average molecular weight is 537 g/mol. The molecule has 3 heterocycles. The minimum Gasteiger partial charge on any atom is -0.348 e. The van der Waals surface area contributed by atoms with Gasteiger partial charge >= 0.3 is 0 Å². The van der Waals surface area contributed by atoms with Gasteiger partial charge in [0.25, 0.3) is 11.5 Å². The molecular formula is C27H32N6O4S. The Bertz CT molecular complexity index is 1700. The number of carbonyl (C=O) groups excluding carboxylic acids is 1. The van der Waals surface area contributed by atoms with Crippen molar-refractivity contribution in [2.75, 3.05) is 14.1 Å². The van der Waals surface area contributed by atoms with E-state index >= 15 is 0 Å². The van der Waals surface area contributed by atoms with Crippen molar-refractivity contribution in [2.45, 2.75) is 52.1 Å². The highest BCUT2D eigenvalue weighted by Crippen LogP contribution is 2.29. The minimum atomic E-state index is -3.58. The number of hydrogen-bond acceptors (Lipinski definition) is 6. The van der Waals surface area contributed by atoms with Gasteiger partial charge in [0.15, 0.2) is 5.65 Å². The highest BCUT2D eigenvalue weighted by atomic mass is 32.2. The summed E-state index contributed by atoms with van der Waals surface area (Å²) in [4.78, 5) is 33.7. The van der Waals surface area contributed by atoms with Crippen molar-refractivity contribution in [1.82, 2.24) is 29.4 Å². The summed E-state index contributed by atoms with van der Waals surface area (Å²) in [5.74, 6) is -0.365. The maximum absolute atomic E-state index is 13.5. The predicted molar refractivity (Wildman–Crippen MR) is 147 cm³/mol. The number of pyridine rings is 2. The van der Waals surface area contributed by atoms with E-state index in [1.54, 1.807) is 22.9 Å². The number of hydrogen-bond donors (Lipinski definition) is 2. The maximum atomic E-state index is 13.5. The van der Waals surface area contributed by atoms with E-state index in [0.29, 0.717) is 39.1 Å². The Balaban J connectivity index is 1.80. The van der Waals surface area contributed by atoms with Gasteiger partial charge in [0, 0.05) is 43.5 Å². The number of carbonyl (C=O) groups is 1. The number of nitrogens with zero attached hydrogens (tertiary/aromatic N) is 4. The Morgan fingerprint density at radius 2 is 1.76 bits per heavy atom. The fraction of sp³-hybridized carbons (Fsp3) is 0.333. The normalized spacial score (nSPS) is 12.0. The number of amides is 1. The number of sulfonamides is 1. The summed E-state index contributed by atoms with van der Waals surface area (Å²) in [6.45, 7) is 9.50. The molecule has 0 radical (unpaired) electrons. The van der Waals surface area contributed by atoms with Crippen LogP contribution in [0.3, 0.4) is 0 Å². The van der Waals surface area contributed by atoms with Gasteiger partial charge in [-0.3, -0.25) is 9.59 Å². The van der Waals surface area contributed by atoms with E-state index < -0.39 is 10.0 Å². The monoisotopic (exact) mass is 536 g/mol. The van der Waals surface area contributed by atoms with Crippen LogP contribution in [0.1, 0.15) is 52.8 Å². The Morgan fingerprint density at radius 1 is 1.11 bits per heavy atom. The van der Waals surface area contributed by atoms with Crippen LogP contribution in [-0.2, 0) is 16.6 Å². The quantitative estimate of drug-likeness (QED) is 0.372. The number of aryl methyl sites for hydroxylation is 3.